The van der Waals surface area contributed by atoms with Gasteiger partial charge in [-0.15, -0.1) is 11.3 Å². The molecule has 0 spiro atoms. The molecule has 0 bridgehead atoms. The number of rotatable bonds is 4. The number of carboxylic acid groups (broad SMARTS) is 1. The van der Waals surface area contributed by atoms with Crippen molar-refractivity contribution in [1.82, 2.24) is 9.88 Å². The molecule has 18 heavy (non-hydrogen) atoms. The molecule has 0 unspecified atom stereocenters. The van der Waals surface area contributed by atoms with E-state index in [0.29, 0.717) is 10.8 Å². The zero-order valence-electron chi connectivity index (χ0n) is 10.1. The van der Waals surface area contributed by atoms with Gasteiger partial charge in [0, 0.05) is 19.0 Å². The number of aromatic nitrogens is 1. The zero-order chi connectivity index (χ0) is 12.5. The number of carbonyl (C=O) groups is 1. The van der Waals surface area contributed by atoms with Gasteiger partial charge >= 0.3 is 5.97 Å². The third-order valence-corrected chi connectivity index (χ3v) is 4.36. The molecule has 0 atom stereocenters. The molecule has 3 rings (SSSR count). The lowest BCUT2D eigenvalue weighted by Gasteiger charge is -2.25. The third-order valence-electron chi connectivity index (χ3n) is 3.32. The highest BCUT2D eigenvalue weighted by Gasteiger charge is 2.32. The maximum absolute atomic E-state index is 11.2. The van der Waals surface area contributed by atoms with Crippen molar-refractivity contribution in [3.8, 4) is 0 Å². The molecule has 1 N–H and O–H groups in total. The molecule has 0 radical (unpaired) electrons. The Kier molecular flexibility index (Phi) is 3.32. The van der Waals surface area contributed by atoms with E-state index in [1.54, 1.807) is 0 Å². The van der Waals surface area contributed by atoms with E-state index in [2.05, 4.69) is 9.88 Å². The summed E-state index contributed by atoms with van der Waals surface area (Å²) in [4.78, 5) is 18.5. The van der Waals surface area contributed by atoms with Crippen molar-refractivity contribution in [2.24, 2.45) is 0 Å². The summed E-state index contributed by atoms with van der Waals surface area (Å²) in [5, 5.41) is 10.1. The molecule has 1 aromatic heterocycles. The fourth-order valence-electron chi connectivity index (χ4n) is 2.18. The molecule has 98 valence electrons. The van der Waals surface area contributed by atoms with Gasteiger partial charge < -0.3 is 9.84 Å². The molecule has 2 heterocycles. The highest BCUT2D eigenvalue weighted by atomic mass is 32.1. The molecular formula is C12H16N2O3S. The first-order valence-electron chi connectivity index (χ1n) is 6.27. The van der Waals surface area contributed by atoms with Gasteiger partial charge in [0.15, 0.2) is 0 Å². The van der Waals surface area contributed by atoms with Crippen LogP contribution in [0.1, 0.15) is 39.1 Å². The van der Waals surface area contributed by atoms with Gasteiger partial charge in [0.05, 0.1) is 25.5 Å². The van der Waals surface area contributed by atoms with Crippen molar-refractivity contribution in [1.29, 1.82) is 0 Å². The van der Waals surface area contributed by atoms with Crippen LogP contribution in [0.2, 0.25) is 0 Å². The van der Waals surface area contributed by atoms with Crippen LogP contribution in [0.4, 0.5) is 0 Å². The maximum atomic E-state index is 11.2. The summed E-state index contributed by atoms with van der Waals surface area (Å²) in [7, 11) is 0. The predicted octanol–water partition coefficient (Wildman–Crippen LogP) is 1.55. The molecule has 1 saturated heterocycles. The first-order chi connectivity index (χ1) is 8.74. The number of nitrogens with zero attached hydrogens (tertiary/aromatic N) is 2. The molecule has 0 aromatic carbocycles. The van der Waals surface area contributed by atoms with Crippen molar-refractivity contribution in [2.75, 3.05) is 26.3 Å². The average molecular weight is 268 g/mol. The second kappa shape index (κ2) is 4.95. The third kappa shape index (κ3) is 2.55. The lowest BCUT2D eigenvalue weighted by Crippen LogP contribution is -2.35. The Morgan fingerprint density at radius 2 is 2.17 bits per heavy atom. The average Bonchev–Trinajstić information content (AvgIpc) is 3.12. The van der Waals surface area contributed by atoms with E-state index in [4.69, 9.17) is 4.74 Å². The lowest BCUT2D eigenvalue weighted by atomic mass is 10.2. The molecule has 1 aromatic rings. The van der Waals surface area contributed by atoms with Crippen molar-refractivity contribution in [3.05, 3.63) is 15.6 Å². The predicted molar refractivity (Wildman–Crippen MR) is 67.1 cm³/mol. The highest BCUT2D eigenvalue weighted by Crippen LogP contribution is 2.42. The first-order valence-corrected chi connectivity index (χ1v) is 7.08. The molecular weight excluding hydrogens is 252 g/mol. The summed E-state index contributed by atoms with van der Waals surface area (Å²) in [5.41, 5.74) is 0.816. The van der Waals surface area contributed by atoms with E-state index >= 15 is 0 Å². The van der Waals surface area contributed by atoms with Gasteiger partial charge in [0.25, 0.3) is 0 Å². The first kappa shape index (κ1) is 12.1. The number of thiazole rings is 1. The number of aromatic carboxylic acids is 1. The van der Waals surface area contributed by atoms with Gasteiger partial charge in [-0.1, -0.05) is 0 Å². The van der Waals surface area contributed by atoms with Gasteiger partial charge in [0.1, 0.15) is 9.88 Å². The monoisotopic (exact) mass is 268 g/mol. The van der Waals surface area contributed by atoms with Gasteiger partial charge in [-0.3, -0.25) is 4.90 Å². The van der Waals surface area contributed by atoms with E-state index in [-0.39, 0.29) is 0 Å². The van der Waals surface area contributed by atoms with Gasteiger partial charge in [-0.25, -0.2) is 9.78 Å². The summed E-state index contributed by atoms with van der Waals surface area (Å²) >= 11 is 1.34. The van der Waals surface area contributed by atoms with Gasteiger partial charge in [-0.2, -0.15) is 0 Å². The van der Waals surface area contributed by atoms with Gasteiger partial charge in [0.2, 0.25) is 0 Å². The Bertz CT molecular complexity index is 450. The second-order valence-electron chi connectivity index (χ2n) is 4.79. The minimum absolute atomic E-state index is 0.394. The largest absolute Gasteiger partial charge is 0.477 e. The van der Waals surface area contributed by atoms with Crippen LogP contribution in [0.3, 0.4) is 0 Å². The topological polar surface area (TPSA) is 62.7 Å². The van der Waals surface area contributed by atoms with Crippen LogP contribution in [0, 0.1) is 0 Å². The Balaban J connectivity index is 1.75. The Hall–Kier alpha value is -0.980. The van der Waals surface area contributed by atoms with Gasteiger partial charge in [-0.05, 0) is 12.8 Å². The van der Waals surface area contributed by atoms with Crippen molar-refractivity contribution < 1.29 is 14.6 Å². The Morgan fingerprint density at radius 3 is 2.78 bits per heavy atom. The molecule has 6 heteroatoms. The molecule has 5 nitrogen and oxygen atoms in total. The van der Waals surface area contributed by atoms with Crippen molar-refractivity contribution >= 4 is 17.3 Å². The van der Waals surface area contributed by atoms with Crippen LogP contribution in [-0.4, -0.2) is 47.3 Å². The summed E-state index contributed by atoms with van der Waals surface area (Å²) in [6.07, 6.45) is 2.17. The Labute approximate surface area is 109 Å². The summed E-state index contributed by atoms with van der Waals surface area (Å²) in [6.45, 7) is 4.07. The van der Waals surface area contributed by atoms with Crippen LogP contribution in [0.5, 0.6) is 0 Å². The molecule has 2 aliphatic rings. The standard InChI is InChI=1S/C12H16N2O3S/c15-12(16)11-10(8-1-2-8)13-9(18-11)7-14-3-5-17-6-4-14/h8H,1-7H2,(H,15,16). The van der Waals surface area contributed by atoms with Crippen LogP contribution < -0.4 is 0 Å². The number of carboxylic acids is 1. The maximum Gasteiger partial charge on any atom is 0.347 e. The molecule has 0 amide bonds. The van der Waals surface area contributed by atoms with Crippen molar-refractivity contribution in [3.63, 3.8) is 0 Å². The quantitative estimate of drug-likeness (QED) is 0.897. The molecule has 2 fully saturated rings. The van der Waals surface area contributed by atoms with Crippen LogP contribution in [-0.2, 0) is 11.3 Å². The number of ether oxygens (including phenoxy) is 1. The van der Waals surface area contributed by atoms with E-state index in [1.807, 2.05) is 0 Å². The minimum atomic E-state index is -0.831. The van der Waals surface area contributed by atoms with Crippen LogP contribution in [0.15, 0.2) is 0 Å². The highest BCUT2D eigenvalue weighted by molar-refractivity contribution is 7.13. The number of hydrogen-bond acceptors (Lipinski definition) is 5. The number of morpholine rings is 1. The summed E-state index contributed by atoms with van der Waals surface area (Å²) in [5.74, 6) is -0.437. The van der Waals surface area contributed by atoms with E-state index < -0.39 is 5.97 Å². The zero-order valence-corrected chi connectivity index (χ0v) is 10.9. The normalized spacial score (nSPS) is 21.1. The van der Waals surface area contributed by atoms with E-state index in [1.165, 1.54) is 11.3 Å². The molecule has 1 aliphatic heterocycles. The van der Waals surface area contributed by atoms with Crippen LogP contribution in [0.25, 0.3) is 0 Å². The van der Waals surface area contributed by atoms with E-state index in [9.17, 15) is 9.90 Å². The molecule has 1 saturated carbocycles. The lowest BCUT2D eigenvalue weighted by molar-refractivity contribution is 0.0341. The number of hydrogen-bond donors (Lipinski definition) is 1. The minimum Gasteiger partial charge on any atom is -0.477 e. The van der Waals surface area contributed by atoms with E-state index in [0.717, 1.165) is 56.4 Å². The van der Waals surface area contributed by atoms with Crippen LogP contribution >= 0.6 is 11.3 Å². The smallest absolute Gasteiger partial charge is 0.347 e. The Morgan fingerprint density at radius 1 is 1.44 bits per heavy atom. The molecule has 1 aliphatic carbocycles. The SMILES string of the molecule is O=C(O)c1sc(CN2CCOCC2)nc1C1CC1. The fourth-order valence-corrected chi connectivity index (χ4v) is 3.21. The summed E-state index contributed by atoms with van der Waals surface area (Å²) in [6, 6.07) is 0. The van der Waals surface area contributed by atoms with Crippen molar-refractivity contribution in [2.45, 2.75) is 25.3 Å². The second-order valence-corrected chi connectivity index (χ2v) is 5.87. The fraction of sp³-hybridized carbons (Fsp3) is 0.667. The summed E-state index contributed by atoms with van der Waals surface area (Å²) < 4.78 is 5.30.